The normalized spacial score (nSPS) is 12.3. The molecule has 1 aromatic carbocycles. The number of nitrogens with zero attached hydrogens (tertiary/aromatic N) is 2. The average Bonchev–Trinajstić information content (AvgIpc) is 2.49. The molecule has 0 atom stereocenters. The molecular formula is C17H19Cl2F3N4. The highest BCUT2D eigenvalue weighted by molar-refractivity contribution is 6.36. The Balaban J connectivity index is 2.24. The SMILES string of the molecule is CC(C)(C)CNCc1cnc(Nc2ccc(Cl)cc2Cl)nc1C(F)(F)F. The van der Waals surface area contributed by atoms with Gasteiger partial charge in [-0.25, -0.2) is 9.97 Å². The zero-order chi connectivity index (χ0) is 19.5. The minimum atomic E-state index is -4.60. The first-order chi connectivity index (χ1) is 12.0. The zero-order valence-electron chi connectivity index (χ0n) is 14.5. The lowest BCUT2D eigenvalue weighted by Gasteiger charge is -2.20. The van der Waals surface area contributed by atoms with E-state index in [1.54, 1.807) is 12.1 Å². The predicted molar refractivity (Wildman–Crippen MR) is 97.9 cm³/mol. The van der Waals surface area contributed by atoms with Crippen molar-refractivity contribution in [2.45, 2.75) is 33.5 Å². The number of anilines is 2. The Morgan fingerprint density at radius 1 is 1.12 bits per heavy atom. The zero-order valence-corrected chi connectivity index (χ0v) is 16.0. The summed E-state index contributed by atoms with van der Waals surface area (Å²) >= 11 is 11.8. The molecule has 0 aliphatic heterocycles. The van der Waals surface area contributed by atoms with Gasteiger partial charge in [0.05, 0.1) is 10.7 Å². The molecule has 1 aromatic heterocycles. The maximum atomic E-state index is 13.4. The topological polar surface area (TPSA) is 49.8 Å². The molecule has 0 spiro atoms. The van der Waals surface area contributed by atoms with Gasteiger partial charge in [-0.05, 0) is 23.6 Å². The average molecular weight is 407 g/mol. The van der Waals surface area contributed by atoms with E-state index in [1.807, 2.05) is 20.8 Å². The largest absolute Gasteiger partial charge is 0.433 e. The molecule has 0 aliphatic rings. The molecule has 142 valence electrons. The maximum absolute atomic E-state index is 13.4. The van der Waals surface area contributed by atoms with E-state index in [0.29, 0.717) is 17.3 Å². The van der Waals surface area contributed by atoms with E-state index in [4.69, 9.17) is 23.2 Å². The van der Waals surface area contributed by atoms with Gasteiger partial charge in [0.1, 0.15) is 0 Å². The quantitative estimate of drug-likeness (QED) is 0.670. The van der Waals surface area contributed by atoms with Crippen LogP contribution in [0.5, 0.6) is 0 Å². The lowest BCUT2D eigenvalue weighted by atomic mass is 9.97. The third-order valence-corrected chi connectivity index (χ3v) is 3.83. The second-order valence-electron chi connectivity index (χ2n) is 6.98. The van der Waals surface area contributed by atoms with Crippen LogP contribution < -0.4 is 10.6 Å². The van der Waals surface area contributed by atoms with E-state index in [-0.39, 0.29) is 28.5 Å². The van der Waals surface area contributed by atoms with Crippen molar-refractivity contribution in [3.05, 3.63) is 45.7 Å². The summed E-state index contributed by atoms with van der Waals surface area (Å²) in [4.78, 5) is 7.61. The first kappa shape index (κ1) is 20.7. The van der Waals surface area contributed by atoms with Crippen LogP contribution in [0.1, 0.15) is 32.0 Å². The van der Waals surface area contributed by atoms with Crippen molar-refractivity contribution in [3.8, 4) is 0 Å². The molecule has 0 fully saturated rings. The van der Waals surface area contributed by atoms with Crippen LogP contribution in [0.25, 0.3) is 0 Å². The molecule has 0 saturated carbocycles. The molecule has 9 heteroatoms. The third-order valence-electron chi connectivity index (χ3n) is 3.28. The number of hydrogen-bond donors (Lipinski definition) is 2. The molecule has 0 saturated heterocycles. The van der Waals surface area contributed by atoms with Crippen LogP contribution in [0.2, 0.25) is 10.0 Å². The Hall–Kier alpha value is -1.57. The van der Waals surface area contributed by atoms with Gasteiger partial charge < -0.3 is 10.6 Å². The summed E-state index contributed by atoms with van der Waals surface area (Å²) in [6.45, 7) is 6.55. The molecule has 1 heterocycles. The van der Waals surface area contributed by atoms with Crippen LogP contribution >= 0.6 is 23.2 Å². The summed E-state index contributed by atoms with van der Waals surface area (Å²) in [6, 6.07) is 4.58. The second kappa shape index (κ2) is 7.98. The van der Waals surface area contributed by atoms with Crippen LogP contribution in [0.4, 0.5) is 24.8 Å². The highest BCUT2D eigenvalue weighted by Gasteiger charge is 2.36. The van der Waals surface area contributed by atoms with Gasteiger partial charge in [-0.3, -0.25) is 0 Å². The molecule has 0 bridgehead atoms. The lowest BCUT2D eigenvalue weighted by Crippen LogP contribution is -2.28. The summed E-state index contributed by atoms with van der Waals surface area (Å²) < 4.78 is 40.1. The van der Waals surface area contributed by atoms with E-state index in [1.165, 1.54) is 6.07 Å². The molecule has 0 aliphatic carbocycles. The fourth-order valence-corrected chi connectivity index (χ4v) is 2.58. The van der Waals surface area contributed by atoms with Crippen molar-refractivity contribution < 1.29 is 13.2 Å². The Morgan fingerprint density at radius 3 is 2.38 bits per heavy atom. The predicted octanol–water partition coefficient (Wildman–Crippen LogP) is 5.68. The molecule has 26 heavy (non-hydrogen) atoms. The number of halogens is 5. The van der Waals surface area contributed by atoms with Crippen LogP contribution in [0.3, 0.4) is 0 Å². The first-order valence-corrected chi connectivity index (χ1v) is 8.57. The van der Waals surface area contributed by atoms with Crippen molar-refractivity contribution in [1.82, 2.24) is 15.3 Å². The number of aromatic nitrogens is 2. The van der Waals surface area contributed by atoms with E-state index in [9.17, 15) is 13.2 Å². The minimum Gasteiger partial charge on any atom is -0.323 e. The monoisotopic (exact) mass is 406 g/mol. The van der Waals surface area contributed by atoms with E-state index >= 15 is 0 Å². The molecule has 0 unspecified atom stereocenters. The highest BCUT2D eigenvalue weighted by atomic mass is 35.5. The third kappa shape index (κ3) is 6.00. The summed E-state index contributed by atoms with van der Waals surface area (Å²) in [5, 5.41) is 6.36. The summed E-state index contributed by atoms with van der Waals surface area (Å²) in [5.74, 6) is -0.193. The van der Waals surface area contributed by atoms with Gasteiger partial charge >= 0.3 is 6.18 Å². The van der Waals surface area contributed by atoms with Gasteiger partial charge in [0.2, 0.25) is 5.95 Å². The van der Waals surface area contributed by atoms with Gasteiger partial charge in [0.25, 0.3) is 0 Å². The van der Waals surface area contributed by atoms with E-state index in [0.717, 1.165) is 6.20 Å². The Morgan fingerprint density at radius 2 is 1.81 bits per heavy atom. The van der Waals surface area contributed by atoms with Gasteiger partial charge in [0, 0.05) is 29.9 Å². The van der Waals surface area contributed by atoms with Gasteiger partial charge in [-0.2, -0.15) is 13.2 Å². The van der Waals surface area contributed by atoms with E-state index in [2.05, 4.69) is 20.6 Å². The van der Waals surface area contributed by atoms with E-state index < -0.39 is 11.9 Å². The Labute approximate surface area is 160 Å². The number of hydrogen-bond acceptors (Lipinski definition) is 4. The number of alkyl halides is 3. The van der Waals surface area contributed by atoms with Gasteiger partial charge in [0.15, 0.2) is 5.69 Å². The minimum absolute atomic E-state index is 0.0190. The molecule has 0 radical (unpaired) electrons. The van der Waals surface area contributed by atoms with Crippen LogP contribution in [0.15, 0.2) is 24.4 Å². The van der Waals surface area contributed by atoms with Crippen molar-refractivity contribution in [3.63, 3.8) is 0 Å². The number of nitrogens with one attached hydrogen (secondary N) is 2. The smallest absolute Gasteiger partial charge is 0.323 e. The van der Waals surface area contributed by atoms with Crippen molar-refractivity contribution in [2.75, 3.05) is 11.9 Å². The molecule has 0 amide bonds. The second-order valence-corrected chi connectivity index (χ2v) is 7.82. The Kier molecular flexibility index (Phi) is 6.37. The van der Waals surface area contributed by atoms with Crippen LogP contribution in [0, 0.1) is 5.41 Å². The standard InChI is InChI=1S/C17H19Cl2F3N4/c1-16(2,3)9-23-7-10-8-24-15(26-14(10)17(20,21)22)25-13-5-4-11(18)6-12(13)19/h4-6,8,23H,7,9H2,1-3H3,(H,24,25,26). The highest BCUT2D eigenvalue weighted by Crippen LogP contribution is 2.32. The number of rotatable bonds is 5. The van der Waals surface area contributed by atoms with Crippen LogP contribution in [-0.4, -0.2) is 16.5 Å². The van der Waals surface area contributed by atoms with Crippen LogP contribution in [-0.2, 0) is 12.7 Å². The first-order valence-electron chi connectivity index (χ1n) is 7.81. The molecule has 4 nitrogen and oxygen atoms in total. The van der Waals surface area contributed by atoms with Gasteiger partial charge in [-0.1, -0.05) is 44.0 Å². The maximum Gasteiger partial charge on any atom is 0.433 e. The number of benzene rings is 1. The summed E-state index contributed by atoms with van der Waals surface area (Å²) in [6.07, 6.45) is -3.43. The molecular weight excluding hydrogens is 388 g/mol. The molecule has 2 aromatic rings. The fraction of sp³-hybridized carbons (Fsp3) is 0.412. The summed E-state index contributed by atoms with van der Waals surface area (Å²) in [5.41, 5.74) is -0.690. The van der Waals surface area contributed by atoms with Crippen molar-refractivity contribution >= 4 is 34.8 Å². The van der Waals surface area contributed by atoms with Crippen molar-refractivity contribution in [2.24, 2.45) is 5.41 Å². The molecule has 2 N–H and O–H groups in total. The Bertz CT molecular complexity index is 774. The lowest BCUT2D eigenvalue weighted by molar-refractivity contribution is -0.141. The van der Waals surface area contributed by atoms with Crippen molar-refractivity contribution in [1.29, 1.82) is 0 Å². The fourth-order valence-electron chi connectivity index (χ4n) is 2.13. The molecule has 2 rings (SSSR count). The van der Waals surface area contributed by atoms with Gasteiger partial charge in [-0.15, -0.1) is 0 Å². The summed E-state index contributed by atoms with van der Waals surface area (Å²) in [7, 11) is 0.